The Balaban J connectivity index is 2.39. The van der Waals surface area contributed by atoms with Crippen molar-refractivity contribution in [2.24, 2.45) is 4.99 Å². The number of amides is 1. The maximum atomic E-state index is 11.5. The highest BCUT2D eigenvalue weighted by Gasteiger charge is 2.22. The fourth-order valence-electron chi connectivity index (χ4n) is 1.39. The van der Waals surface area contributed by atoms with Gasteiger partial charge in [-0.05, 0) is 6.07 Å². The summed E-state index contributed by atoms with van der Waals surface area (Å²) in [5.74, 6) is -0.0422. The molecule has 0 saturated heterocycles. The van der Waals surface area contributed by atoms with E-state index in [1.807, 2.05) is 24.3 Å². The summed E-state index contributed by atoms with van der Waals surface area (Å²) in [5, 5.41) is 2.75. The number of aliphatic imine (C=N–C) groups is 1. The van der Waals surface area contributed by atoms with Gasteiger partial charge in [-0.25, -0.2) is 0 Å². The lowest BCUT2D eigenvalue weighted by atomic mass is 10.1. The molecule has 2 rings (SSSR count). The molecule has 1 aliphatic rings. The number of halogens is 1. The van der Waals surface area contributed by atoms with Gasteiger partial charge in [0.05, 0.1) is 6.54 Å². The van der Waals surface area contributed by atoms with Gasteiger partial charge in [-0.3, -0.25) is 9.79 Å². The van der Waals surface area contributed by atoms with Crippen LogP contribution in [0.5, 0.6) is 0 Å². The van der Waals surface area contributed by atoms with E-state index in [2.05, 4.69) is 26.2 Å². The molecule has 1 amide bonds. The van der Waals surface area contributed by atoms with Gasteiger partial charge in [0.2, 0.25) is 5.91 Å². The molecule has 0 fully saturated rings. The predicted octanol–water partition coefficient (Wildman–Crippen LogP) is 1.69. The molecule has 0 aliphatic carbocycles. The summed E-state index contributed by atoms with van der Waals surface area (Å²) in [6.45, 7) is 0.528. The Labute approximate surface area is 90.4 Å². The third kappa shape index (κ3) is 1.70. The fourth-order valence-corrected chi connectivity index (χ4v) is 1.89. The number of nitrogens with one attached hydrogen (secondary N) is 1. The lowest BCUT2D eigenvalue weighted by Crippen LogP contribution is -2.34. The first kappa shape index (κ1) is 9.40. The zero-order valence-electron chi connectivity index (χ0n) is 7.40. The van der Waals surface area contributed by atoms with Crippen molar-refractivity contribution in [3.05, 3.63) is 34.3 Å². The van der Waals surface area contributed by atoms with Crippen molar-refractivity contribution in [3.63, 3.8) is 0 Å². The second kappa shape index (κ2) is 3.92. The summed E-state index contributed by atoms with van der Waals surface area (Å²) in [6.07, 6.45) is 1.73. The van der Waals surface area contributed by atoms with Crippen LogP contribution in [0.2, 0.25) is 0 Å². The van der Waals surface area contributed by atoms with E-state index in [1.54, 1.807) is 6.21 Å². The average Bonchev–Trinajstić information content (AvgIpc) is 2.20. The van der Waals surface area contributed by atoms with Crippen LogP contribution in [0.4, 0.5) is 0 Å². The van der Waals surface area contributed by atoms with Crippen molar-refractivity contribution in [2.45, 2.75) is 6.04 Å². The molecule has 1 aromatic rings. The van der Waals surface area contributed by atoms with Crippen LogP contribution < -0.4 is 5.32 Å². The van der Waals surface area contributed by atoms with E-state index < -0.39 is 6.04 Å². The van der Waals surface area contributed by atoms with E-state index in [0.29, 0.717) is 6.54 Å². The van der Waals surface area contributed by atoms with Crippen molar-refractivity contribution >= 4 is 28.1 Å². The quantitative estimate of drug-likeness (QED) is 0.813. The molecule has 0 radical (unpaired) electrons. The van der Waals surface area contributed by atoms with E-state index >= 15 is 0 Å². The Morgan fingerprint density at radius 2 is 2.21 bits per heavy atom. The number of carbonyl (C=O) groups excluding carboxylic acids is 1. The normalized spacial score (nSPS) is 20.6. The fraction of sp³-hybridized carbons (Fsp3) is 0.200. The molecule has 1 aliphatic heterocycles. The Morgan fingerprint density at radius 3 is 2.93 bits per heavy atom. The van der Waals surface area contributed by atoms with E-state index in [1.165, 1.54) is 0 Å². The molecule has 1 aromatic carbocycles. The summed E-state index contributed by atoms with van der Waals surface area (Å²) < 4.78 is 0.916. The third-order valence-corrected chi connectivity index (χ3v) is 2.79. The monoisotopic (exact) mass is 252 g/mol. The molecule has 0 bridgehead atoms. The van der Waals surface area contributed by atoms with Gasteiger partial charge in [0.15, 0.2) is 6.04 Å². The number of hydrogen-bond acceptors (Lipinski definition) is 2. The molecule has 1 atom stereocenters. The van der Waals surface area contributed by atoms with Gasteiger partial charge < -0.3 is 5.32 Å². The number of rotatable bonds is 1. The van der Waals surface area contributed by atoms with Crippen molar-refractivity contribution in [1.82, 2.24) is 5.32 Å². The summed E-state index contributed by atoms with van der Waals surface area (Å²) in [5.41, 5.74) is 0.904. The van der Waals surface area contributed by atoms with Crippen LogP contribution in [0, 0.1) is 0 Å². The van der Waals surface area contributed by atoms with Crippen molar-refractivity contribution in [1.29, 1.82) is 0 Å². The van der Waals surface area contributed by atoms with Crippen LogP contribution in [-0.4, -0.2) is 18.7 Å². The molecular formula is C10H9BrN2O. The van der Waals surface area contributed by atoms with Gasteiger partial charge in [-0.2, -0.15) is 0 Å². The maximum Gasteiger partial charge on any atom is 0.249 e. The standard InChI is InChI=1S/C10H9BrN2O/c11-8-4-2-1-3-7(8)9-10(14)13-6-5-12-9/h1-5,9H,6H2,(H,13,14). The van der Waals surface area contributed by atoms with Crippen LogP contribution >= 0.6 is 15.9 Å². The number of nitrogens with zero attached hydrogens (tertiary/aromatic N) is 1. The summed E-state index contributed by atoms with van der Waals surface area (Å²) in [4.78, 5) is 15.7. The summed E-state index contributed by atoms with van der Waals surface area (Å²) in [7, 11) is 0. The first-order valence-electron chi connectivity index (χ1n) is 4.33. The summed E-state index contributed by atoms with van der Waals surface area (Å²) >= 11 is 3.41. The van der Waals surface area contributed by atoms with E-state index in [0.717, 1.165) is 10.0 Å². The second-order valence-corrected chi connectivity index (χ2v) is 3.86. The Morgan fingerprint density at radius 1 is 1.43 bits per heavy atom. The number of hydrogen-bond donors (Lipinski definition) is 1. The maximum absolute atomic E-state index is 11.5. The van der Waals surface area contributed by atoms with Crippen LogP contribution in [0.15, 0.2) is 33.7 Å². The first-order valence-corrected chi connectivity index (χ1v) is 5.12. The Hall–Kier alpha value is -1.16. The molecule has 14 heavy (non-hydrogen) atoms. The van der Waals surface area contributed by atoms with Crippen molar-refractivity contribution in [3.8, 4) is 0 Å². The number of carbonyl (C=O) groups is 1. The van der Waals surface area contributed by atoms with Crippen LogP contribution in [0.25, 0.3) is 0 Å². The van der Waals surface area contributed by atoms with E-state index in [9.17, 15) is 4.79 Å². The van der Waals surface area contributed by atoms with Gasteiger partial charge in [-0.15, -0.1) is 0 Å². The minimum Gasteiger partial charge on any atom is -0.349 e. The highest BCUT2D eigenvalue weighted by molar-refractivity contribution is 9.10. The minimum atomic E-state index is -0.403. The Kier molecular flexibility index (Phi) is 2.63. The van der Waals surface area contributed by atoms with Crippen molar-refractivity contribution < 1.29 is 4.79 Å². The van der Waals surface area contributed by atoms with Crippen LogP contribution in [0.3, 0.4) is 0 Å². The largest absolute Gasteiger partial charge is 0.349 e. The molecule has 1 unspecified atom stereocenters. The van der Waals surface area contributed by atoms with E-state index in [4.69, 9.17) is 0 Å². The minimum absolute atomic E-state index is 0.0422. The van der Waals surface area contributed by atoms with Crippen LogP contribution in [-0.2, 0) is 4.79 Å². The average molecular weight is 253 g/mol. The molecule has 3 nitrogen and oxygen atoms in total. The predicted molar refractivity (Wildman–Crippen MR) is 58.4 cm³/mol. The van der Waals surface area contributed by atoms with Gasteiger partial charge in [0, 0.05) is 16.3 Å². The molecule has 0 saturated carbocycles. The second-order valence-electron chi connectivity index (χ2n) is 3.00. The van der Waals surface area contributed by atoms with E-state index in [-0.39, 0.29) is 5.91 Å². The smallest absolute Gasteiger partial charge is 0.249 e. The molecule has 0 aromatic heterocycles. The van der Waals surface area contributed by atoms with Gasteiger partial charge in [0.1, 0.15) is 0 Å². The highest BCUT2D eigenvalue weighted by atomic mass is 79.9. The highest BCUT2D eigenvalue weighted by Crippen LogP contribution is 2.26. The number of benzene rings is 1. The van der Waals surface area contributed by atoms with Crippen molar-refractivity contribution in [2.75, 3.05) is 6.54 Å². The third-order valence-electron chi connectivity index (χ3n) is 2.07. The van der Waals surface area contributed by atoms with Crippen LogP contribution in [0.1, 0.15) is 11.6 Å². The SMILES string of the molecule is O=C1NCC=NC1c1ccccc1Br. The lowest BCUT2D eigenvalue weighted by Gasteiger charge is -2.17. The van der Waals surface area contributed by atoms with Gasteiger partial charge in [0.25, 0.3) is 0 Å². The first-order chi connectivity index (χ1) is 6.79. The zero-order chi connectivity index (χ0) is 9.97. The molecule has 1 heterocycles. The summed E-state index contributed by atoms with van der Waals surface area (Å²) in [6, 6.07) is 7.22. The molecule has 1 N–H and O–H groups in total. The molecule has 72 valence electrons. The molecule has 4 heteroatoms. The van der Waals surface area contributed by atoms with Gasteiger partial charge in [-0.1, -0.05) is 34.1 Å². The molecule has 0 spiro atoms. The topological polar surface area (TPSA) is 41.5 Å². The lowest BCUT2D eigenvalue weighted by molar-refractivity contribution is -0.122. The Bertz CT molecular complexity index is 389. The molecular weight excluding hydrogens is 244 g/mol. The van der Waals surface area contributed by atoms with Gasteiger partial charge >= 0.3 is 0 Å². The zero-order valence-corrected chi connectivity index (χ0v) is 8.99.